The van der Waals surface area contributed by atoms with Gasteiger partial charge in [0.2, 0.25) is 0 Å². The molecule has 0 aromatic carbocycles. The molecule has 0 atom stereocenters. The van der Waals surface area contributed by atoms with Crippen molar-refractivity contribution in [1.82, 2.24) is 15.5 Å². The van der Waals surface area contributed by atoms with Gasteiger partial charge in [0.05, 0.1) is 16.1 Å². The van der Waals surface area contributed by atoms with Gasteiger partial charge in [0.1, 0.15) is 0 Å². The summed E-state index contributed by atoms with van der Waals surface area (Å²) < 4.78 is 5.22. The summed E-state index contributed by atoms with van der Waals surface area (Å²) in [6.45, 7) is 3.90. The summed E-state index contributed by atoms with van der Waals surface area (Å²) in [7, 11) is 0. The lowest BCUT2D eigenvalue weighted by molar-refractivity contribution is 0.421. The van der Waals surface area contributed by atoms with Crippen LogP contribution in [0.3, 0.4) is 0 Å². The van der Waals surface area contributed by atoms with E-state index in [9.17, 15) is 0 Å². The van der Waals surface area contributed by atoms with Gasteiger partial charge in [0.15, 0.2) is 5.76 Å². The van der Waals surface area contributed by atoms with Crippen molar-refractivity contribution in [2.75, 3.05) is 6.54 Å². The number of rotatable bonds is 5. The van der Waals surface area contributed by atoms with Crippen molar-refractivity contribution in [3.05, 3.63) is 23.5 Å². The number of thiazole rings is 1. The first-order valence-electron chi connectivity index (χ1n) is 4.95. The Morgan fingerprint density at radius 2 is 2.47 bits per heavy atom. The summed E-state index contributed by atoms with van der Waals surface area (Å²) in [4.78, 5) is 5.02. The molecule has 80 valence electrons. The van der Waals surface area contributed by atoms with Crippen LogP contribution < -0.4 is 5.32 Å². The monoisotopic (exact) mass is 223 g/mol. The van der Waals surface area contributed by atoms with Crippen molar-refractivity contribution in [1.29, 1.82) is 0 Å². The van der Waals surface area contributed by atoms with Crippen LogP contribution in [-0.2, 0) is 6.54 Å². The standard InChI is InChI=1S/C10H13N3OS/c1-2-3-11-5-8-4-9(14-13-8)10-6-12-7-15-10/h4,6-7,11H,2-3,5H2,1H3. The Kier molecular flexibility index (Phi) is 3.47. The van der Waals surface area contributed by atoms with Crippen LogP contribution in [0.25, 0.3) is 10.6 Å². The summed E-state index contributed by atoms with van der Waals surface area (Å²) in [5, 5.41) is 7.26. The quantitative estimate of drug-likeness (QED) is 0.790. The third kappa shape index (κ3) is 2.64. The lowest BCUT2D eigenvalue weighted by Crippen LogP contribution is -2.13. The average Bonchev–Trinajstić information content (AvgIpc) is 2.87. The second-order valence-electron chi connectivity index (χ2n) is 3.22. The molecule has 2 rings (SSSR count). The molecule has 0 aliphatic rings. The highest BCUT2D eigenvalue weighted by atomic mass is 32.1. The number of hydrogen-bond acceptors (Lipinski definition) is 5. The van der Waals surface area contributed by atoms with E-state index in [2.05, 4.69) is 22.4 Å². The molecule has 4 nitrogen and oxygen atoms in total. The van der Waals surface area contributed by atoms with Crippen LogP contribution in [0.15, 0.2) is 22.3 Å². The van der Waals surface area contributed by atoms with Crippen LogP contribution in [-0.4, -0.2) is 16.7 Å². The van der Waals surface area contributed by atoms with Gasteiger partial charge in [-0.25, -0.2) is 0 Å². The van der Waals surface area contributed by atoms with Gasteiger partial charge >= 0.3 is 0 Å². The zero-order chi connectivity index (χ0) is 10.5. The molecule has 2 aromatic rings. The molecule has 5 heteroatoms. The third-order valence-corrected chi connectivity index (χ3v) is 2.75. The average molecular weight is 223 g/mol. The fourth-order valence-electron chi connectivity index (χ4n) is 1.24. The van der Waals surface area contributed by atoms with E-state index in [1.165, 1.54) is 0 Å². The first-order valence-corrected chi connectivity index (χ1v) is 5.83. The predicted molar refractivity (Wildman–Crippen MR) is 59.6 cm³/mol. The van der Waals surface area contributed by atoms with Gasteiger partial charge in [-0.2, -0.15) is 0 Å². The molecule has 1 N–H and O–H groups in total. The van der Waals surface area contributed by atoms with Gasteiger partial charge in [-0.1, -0.05) is 12.1 Å². The van der Waals surface area contributed by atoms with E-state index in [0.717, 1.165) is 35.8 Å². The summed E-state index contributed by atoms with van der Waals surface area (Å²) in [5.41, 5.74) is 2.72. The second-order valence-corrected chi connectivity index (χ2v) is 4.11. The fourth-order valence-corrected chi connectivity index (χ4v) is 1.81. The molecule has 0 bridgehead atoms. The van der Waals surface area contributed by atoms with E-state index in [0.29, 0.717) is 0 Å². The lowest BCUT2D eigenvalue weighted by atomic mass is 10.3. The Morgan fingerprint density at radius 3 is 3.20 bits per heavy atom. The minimum Gasteiger partial charge on any atom is -0.355 e. The van der Waals surface area contributed by atoms with Crippen LogP contribution in [0.1, 0.15) is 19.0 Å². The highest BCUT2D eigenvalue weighted by Gasteiger charge is 2.07. The number of aromatic nitrogens is 2. The van der Waals surface area contributed by atoms with Crippen molar-refractivity contribution in [2.45, 2.75) is 19.9 Å². The third-order valence-electron chi connectivity index (χ3n) is 1.97. The smallest absolute Gasteiger partial charge is 0.178 e. The number of nitrogens with one attached hydrogen (secondary N) is 1. The molecule has 0 saturated heterocycles. The SMILES string of the molecule is CCCNCc1cc(-c2cncs2)on1. The molecule has 0 spiro atoms. The minimum absolute atomic E-state index is 0.760. The number of hydrogen-bond donors (Lipinski definition) is 1. The molecular weight excluding hydrogens is 210 g/mol. The Morgan fingerprint density at radius 1 is 1.53 bits per heavy atom. The first kappa shape index (κ1) is 10.3. The molecule has 0 radical (unpaired) electrons. The van der Waals surface area contributed by atoms with E-state index in [4.69, 9.17) is 4.52 Å². The van der Waals surface area contributed by atoms with Crippen LogP contribution in [0.5, 0.6) is 0 Å². The molecular formula is C10H13N3OS. The molecule has 0 amide bonds. The normalized spacial score (nSPS) is 10.7. The molecule has 2 aromatic heterocycles. The molecule has 0 fully saturated rings. The molecule has 0 aliphatic carbocycles. The maximum Gasteiger partial charge on any atom is 0.178 e. The fraction of sp³-hybridized carbons (Fsp3) is 0.400. The highest BCUT2D eigenvalue weighted by Crippen LogP contribution is 2.23. The van der Waals surface area contributed by atoms with Crippen molar-refractivity contribution in [3.63, 3.8) is 0 Å². The van der Waals surface area contributed by atoms with Gasteiger partial charge in [-0.05, 0) is 13.0 Å². The van der Waals surface area contributed by atoms with Gasteiger partial charge in [0, 0.05) is 18.8 Å². The second kappa shape index (κ2) is 5.04. The van der Waals surface area contributed by atoms with Gasteiger partial charge in [-0.3, -0.25) is 4.98 Å². The minimum atomic E-state index is 0.760. The number of nitrogens with zero attached hydrogens (tertiary/aromatic N) is 2. The van der Waals surface area contributed by atoms with Crippen molar-refractivity contribution < 1.29 is 4.52 Å². The van der Waals surface area contributed by atoms with Crippen molar-refractivity contribution in [3.8, 4) is 10.6 Å². The van der Waals surface area contributed by atoms with Crippen LogP contribution in [0, 0.1) is 0 Å². The maximum absolute atomic E-state index is 5.22. The summed E-state index contributed by atoms with van der Waals surface area (Å²) in [6, 6.07) is 1.95. The molecule has 2 heterocycles. The van der Waals surface area contributed by atoms with Crippen molar-refractivity contribution in [2.24, 2.45) is 0 Å². The highest BCUT2D eigenvalue weighted by molar-refractivity contribution is 7.13. The molecule has 0 saturated carbocycles. The maximum atomic E-state index is 5.22. The summed E-state index contributed by atoms with van der Waals surface area (Å²) >= 11 is 1.55. The topological polar surface area (TPSA) is 51.0 Å². The first-order chi connectivity index (χ1) is 7.40. The van der Waals surface area contributed by atoms with Gasteiger partial charge in [-0.15, -0.1) is 11.3 Å². The van der Waals surface area contributed by atoms with Crippen LogP contribution in [0.4, 0.5) is 0 Å². The summed E-state index contributed by atoms with van der Waals surface area (Å²) in [5.74, 6) is 0.797. The molecule has 15 heavy (non-hydrogen) atoms. The van der Waals surface area contributed by atoms with Crippen molar-refractivity contribution >= 4 is 11.3 Å². The van der Waals surface area contributed by atoms with E-state index in [-0.39, 0.29) is 0 Å². The Hall–Kier alpha value is -1.20. The van der Waals surface area contributed by atoms with E-state index in [1.807, 2.05) is 6.07 Å². The largest absolute Gasteiger partial charge is 0.355 e. The van der Waals surface area contributed by atoms with Gasteiger partial charge < -0.3 is 9.84 Å². The zero-order valence-corrected chi connectivity index (χ0v) is 9.38. The Balaban J connectivity index is 1.98. The van der Waals surface area contributed by atoms with Crippen LogP contribution in [0.2, 0.25) is 0 Å². The predicted octanol–water partition coefficient (Wildman–Crippen LogP) is 2.30. The Bertz CT molecular complexity index is 396. The zero-order valence-electron chi connectivity index (χ0n) is 8.56. The Labute approximate surface area is 92.3 Å². The van der Waals surface area contributed by atoms with Crippen LogP contribution >= 0.6 is 11.3 Å². The van der Waals surface area contributed by atoms with Gasteiger partial charge in [0.25, 0.3) is 0 Å². The lowest BCUT2D eigenvalue weighted by Gasteiger charge is -1.96. The van der Waals surface area contributed by atoms with E-state index < -0.39 is 0 Å². The van der Waals surface area contributed by atoms with E-state index in [1.54, 1.807) is 23.0 Å². The summed E-state index contributed by atoms with van der Waals surface area (Å²) in [6.07, 6.45) is 2.91. The molecule has 0 unspecified atom stereocenters. The van der Waals surface area contributed by atoms with E-state index >= 15 is 0 Å². The molecule has 0 aliphatic heterocycles.